The second kappa shape index (κ2) is 7.43. The van der Waals surface area contributed by atoms with E-state index in [1.807, 2.05) is 30.7 Å². The Kier molecular flexibility index (Phi) is 4.88. The number of aryl methyl sites for hydroxylation is 2. The summed E-state index contributed by atoms with van der Waals surface area (Å²) in [6.07, 6.45) is 6.33. The molecule has 4 aromatic heterocycles. The van der Waals surface area contributed by atoms with E-state index < -0.39 is 18.4 Å². The van der Waals surface area contributed by atoms with Crippen LogP contribution in [-0.4, -0.2) is 36.3 Å². The van der Waals surface area contributed by atoms with Crippen LogP contribution in [0, 0.1) is 19.8 Å². The van der Waals surface area contributed by atoms with Crippen molar-refractivity contribution in [3.8, 4) is 22.3 Å². The molecule has 0 N–H and O–H groups in total. The molecule has 1 aliphatic carbocycles. The molecule has 0 saturated heterocycles. The van der Waals surface area contributed by atoms with Crippen molar-refractivity contribution >= 4 is 11.0 Å². The number of alkyl halides is 4. The Bertz CT molecular complexity index is 1300. The predicted molar refractivity (Wildman–Crippen MR) is 114 cm³/mol. The molecule has 6 nitrogen and oxygen atoms in total. The highest BCUT2D eigenvalue weighted by Crippen LogP contribution is 2.44. The SMILES string of the molecule is Cc1noc(C)c1-c1cnc2c(-c3cnn(CC(C)(F)F)c3)cn(CC3CC(F)(F)C3)c2c1. The van der Waals surface area contributed by atoms with Crippen LogP contribution in [0.3, 0.4) is 0 Å². The third-order valence-electron chi connectivity index (χ3n) is 6.05. The Morgan fingerprint density at radius 1 is 1.15 bits per heavy atom. The molecule has 10 heteroatoms. The maximum absolute atomic E-state index is 13.4. The van der Waals surface area contributed by atoms with Crippen molar-refractivity contribution in [2.24, 2.45) is 5.92 Å². The van der Waals surface area contributed by atoms with Crippen molar-refractivity contribution in [1.82, 2.24) is 24.5 Å². The van der Waals surface area contributed by atoms with Gasteiger partial charge in [0, 0.05) is 67.2 Å². The number of hydrogen-bond acceptors (Lipinski definition) is 4. The molecule has 0 aliphatic heterocycles. The summed E-state index contributed by atoms with van der Waals surface area (Å²) in [5.41, 5.74) is 5.15. The lowest BCUT2D eigenvalue weighted by Crippen LogP contribution is -2.37. The smallest absolute Gasteiger partial charge is 0.264 e. The zero-order chi connectivity index (χ0) is 23.5. The number of nitrogens with zero attached hydrogens (tertiary/aromatic N) is 5. The molecule has 33 heavy (non-hydrogen) atoms. The van der Waals surface area contributed by atoms with Crippen molar-refractivity contribution in [2.45, 2.75) is 58.5 Å². The molecule has 4 heterocycles. The van der Waals surface area contributed by atoms with Gasteiger partial charge >= 0.3 is 0 Å². The molecule has 1 fully saturated rings. The van der Waals surface area contributed by atoms with Crippen LogP contribution >= 0.6 is 0 Å². The zero-order valence-electron chi connectivity index (χ0n) is 18.4. The summed E-state index contributed by atoms with van der Waals surface area (Å²) in [4.78, 5) is 4.66. The Hall–Kier alpha value is -3.17. The van der Waals surface area contributed by atoms with Gasteiger partial charge in [-0.3, -0.25) is 9.67 Å². The fourth-order valence-corrected chi connectivity index (χ4v) is 4.63. The van der Waals surface area contributed by atoms with Gasteiger partial charge in [-0.25, -0.2) is 17.6 Å². The molecular formula is C23H23F4N5O. The van der Waals surface area contributed by atoms with Crippen LogP contribution in [0.25, 0.3) is 33.3 Å². The van der Waals surface area contributed by atoms with Crippen molar-refractivity contribution < 1.29 is 22.1 Å². The summed E-state index contributed by atoms with van der Waals surface area (Å²) >= 11 is 0. The van der Waals surface area contributed by atoms with Gasteiger partial charge in [0.2, 0.25) is 5.92 Å². The summed E-state index contributed by atoms with van der Waals surface area (Å²) in [5.74, 6) is -4.99. The summed E-state index contributed by atoms with van der Waals surface area (Å²) < 4.78 is 62.1. The van der Waals surface area contributed by atoms with Crippen LogP contribution in [0.15, 0.2) is 35.4 Å². The van der Waals surface area contributed by atoms with Crippen LogP contribution < -0.4 is 0 Å². The minimum absolute atomic E-state index is 0.146. The molecule has 0 unspecified atom stereocenters. The van der Waals surface area contributed by atoms with Crippen LogP contribution in [0.4, 0.5) is 17.6 Å². The Labute approximate surface area is 187 Å². The van der Waals surface area contributed by atoms with E-state index in [-0.39, 0.29) is 18.8 Å². The molecule has 0 aromatic carbocycles. The fourth-order valence-electron chi connectivity index (χ4n) is 4.63. The largest absolute Gasteiger partial charge is 0.361 e. The van der Waals surface area contributed by atoms with E-state index in [0.717, 1.165) is 29.3 Å². The van der Waals surface area contributed by atoms with E-state index >= 15 is 0 Å². The van der Waals surface area contributed by atoms with E-state index in [0.29, 0.717) is 28.9 Å². The second-order valence-corrected chi connectivity index (χ2v) is 9.11. The fraction of sp³-hybridized carbons (Fsp3) is 0.435. The lowest BCUT2D eigenvalue weighted by molar-refractivity contribution is -0.113. The molecule has 0 amide bonds. The van der Waals surface area contributed by atoms with E-state index in [4.69, 9.17) is 4.52 Å². The third-order valence-corrected chi connectivity index (χ3v) is 6.05. The number of rotatable bonds is 6. The molecular weight excluding hydrogens is 438 g/mol. The van der Waals surface area contributed by atoms with Gasteiger partial charge in [-0.2, -0.15) is 5.10 Å². The summed E-state index contributed by atoms with van der Waals surface area (Å²) in [6, 6.07) is 1.94. The van der Waals surface area contributed by atoms with Crippen LogP contribution in [0.2, 0.25) is 0 Å². The molecule has 1 aliphatic rings. The van der Waals surface area contributed by atoms with E-state index in [1.54, 1.807) is 12.4 Å². The van der Waals surface area contributed by atoms with Crippen molar-refractivity contribution in [3.63, 3.8) is 0 Å². The maximum atomic E-state index is 13.4. The zero-order valence-corrected chi connectivity index (χ0v) is 18.4. The first kappa shape index (κ1) is 21.7. The maximum Gasteiger partial charge on any atom is 0.264 e. The molecule has 0 radical (unpaired) electrons. The number of fused-ring (bicyclic) bond motifs is 1. The number of aromatic nitrogens is 5. The molecule has 1 saturated carbocycles. The van der Waals surface area contributed by atoms with Gasteiger partial charge in [0.1, 0.15) is 12.3 Å². The first-order valence-corrected chi connectivity index (χ1v) is 10.7. The molecule has 174 valence electrons. The summed E-state index contributed by atoms with van der Waals surface area (Å²) in [7, 11) is 0. The highest BCUT2D eigenvalue weighted by molar-refractivity contribution is 5.94. The van der Waals surface area contributed by atoms with Crippen LogP contribution in [0.1, 0.15) is 31.2 Å². The minimum Gasteiger partial charge on any atom is -0.361 e. The summed E-state index contributed by atoms with van der Waals surface area (Å²) in [6.45, 7) is 4.38. The van der Waals surface area contributed by atoms with Crippen LogP contribution in [-0.2, 0) is 13.1 Å². The van der Waals surface area contributed by atoms with Gasteiger partial charge in [0.25, 0.3) is 5.92 Å². The number of pyridine rings is 1. The van der Waals surface area contributed by atoms with Gasteiger partial charge in [-0.05, 0) is 25.8 Å². The van der Waals surface area contributed by atoms with Crippen molar-refractivity contribution in [3.05, 3.63) is 42.3 Å². The molecule has 5 rings (SSSR count). The normalized spacial score (nSPS) is 16.5. The highest BCUT2D eigenvalue weighted by Gasteiger charge is 2.45. The number of hydrogen-bond donors (Lipinski definition) is 0. The van der Waals surface area contributed by atoms with Gasteiger partial charge in [0.05, 0.1) is 22.9 Å². The van der Waals surface area contributed by atoms with Gasteiger partial charge in [0.15, 0.2) is 0 Å². The Morgan fingerprint density at radius 3 is 2.55 bits per heavy atom. The van der Waals surface area contributed by atoms with Crippen molar-refractivity contribution in [2.75, 3.05) is 0 Å². The average molecular weight is 461 g/mol. The summed E-state index contributed by atoms with van der Waals surface area (Å²) in [5, 5.41) is 8.06. The minimum atomic E-state index is -2.89. The first-order chi connectivity index (χ1) is 15.5. The first-order valence-electron chi connectivity index (χ1n) is 10.7. The lowest BCUT2D eigenvalue weighted by Gasteiger charge is -2.35. The van der Waals surface area contributed by atoms with Crippen molar-refractivity contribution in [1.29, 1.82) is 0 Å². The van der Waals surface area contributed by atoms with E-state index in [2.05, 4.69) is 15.2 Å². The van der Waals surface area contributed by atoms with Crippen LogP contribution in [0.5, 0.6) is 0 Å². The molecule has 0 bridgehead atoms. The van der Waals surface area contributed by atoms with E-state index in [9.17, 15) is 17.6 Å². The predicted octanol–water partition coefficient (Wildman–Crippen LogP) is 5.87. The molecule has 0 atom stereocenters. The number of halogens is 4. The molecule has 0 spiro atoms. The Balaban J connectivity index is 1.58. The average Bonchev–Trinajstić information content (AvgIpc) is 3.37. The van der Waals surface area contributed by atoms with E-state index in [1.165, 1.54) is 10.9 Å². The monoisotopic (exact) mass is 461 g/mol. The Morgan fingerprint density at radius 2 is 1.91 bits per heavy atom. The molecule has 4 aromatic rings. The third kappa shape index (κ3) is 4.14. The van der Waals surface area contributed by atoms with Gasteiger partial charge in [-0.1, -0.05) is 5.16 Å². The standard InChI is InChI=1S/C23H23F4N5O/c1-13-20(14(2)33-30-13)16-4-19-21(28-7-16)18(11-31(19)9-15-5-23(26,27)6-15)17-8-29-32(10-17)12-22(3,24)25/h4,7-8,10-11,15H,5-6,9,12H2,1-3H3. The van der Waals surface area contributed by atoms with Gasteiger partial charge in [-0.15, -0.1) is 0 Å². The highest BCUT2D eigenvalue weighted by atomic mass is 19.3. The second-order valence-electron chi connectivity index (χ2n) is 9.11. The van der Waals surface area contributed by atoms with Gasteiger partial charge < -0.3 is 9.09 Å². The lowest BCUT2D eigenvalue weighted by atomic mass is 9.81. The quantitative estimate of drug-likeness (QED) is 0.337. The topological polar surface area (TPSA) is 61.7 Å².